The Morgan fingerprint density at radius 3 is 2.50 bits per heavy atom. The van der Waals surface area contributed by atoms with Gasteiger partial charge in [-0.1, -0.05) is 6.92 Å². The van der Waals surface area contributed by atoms with Crippen LogP contribution in [0, 0.1) is 0 Å². The van der Waals surface area contributed by atoms with E-state index in [-0.39, 0.29) is 35.4 Å². The number of pyridine rings is 1. The summed E-state index contributed by atoms with van der Waals surface area (Å²) < 4.78 is 68.5. The third-order valence-corrected chi connectivity index (χ3v) is 6.01. The van der Waals surface area contributed by atoms with Crippen molar-refractivity contribution in [1.29, 1.82) is 0 Å². The number of sulfone groups is 1. The Kier molecular flexibility index (Phi) is 5.81. The molecule has 0 saturated carbocycles. The number of aromatic nitrogens is 1. The van der Waals surface area contributed by atoms with Crippen LogP contribution < -0.4 is 4.74 Å². The fraction of sp³-hybridized carbons (Fsp3) is 0.400. The van der Waals surface area contributed by atoms with E-state index in [0.717, 1.165) is 18.5 Å². The maximum atomic E-state index is 13.2. The van der Waals surface area contributed by atoms with Gasteiger partial charge in [0.2, 0.25) is 0 Å². The largest absolute Gasteiger partial charge is 0.490 e. The number of carbonyl (C=O) groups is 1. The summed E-state index contributed by atoms with van der Waals surface area (Å²) in [5, 5.41) is 0. The fourth-order valence-electron chi connectivity index (χ4n) is 3.06. The van der Waals surface area contributed by atoms with Gasteiger partial charge in [-0.25, -0.2) is 8.42 Å². The SMILES string of the molecule is CC[C@H](C)Oc1ccc(S(C)(=O)=O)cc1C(=O)N1Cc2cnc(C(F)(F)F)cc2C1. The van der Waals surface area contributed by atoms with E-state index < -0.39 is 27.6 Å². The molecule has 6 nitrogen and oxygen atoms in total. The monoisotopic (exact) mass is 442 g/mol. The molecule has 1 aliphatic heterocycles. The fourth-order valence-corrected chi connectivity index (χ4v) is 3.71. The van der Waals surface area contributed by atoms with Gasteiger partial charge in [0.15, 0.2) is 9.84 Å². The molecule has 2 aromatic rings. The van der Waals surface area contributed by atoms with Crippen LogP contribution in [-0.2, 0) is 29.1 Å². The topological polar surface area (TPSA) is 76.6 Å². The molecule has 0 radical (unpaired) electrons. The first-order valence-corrected chi connectivity index (χ1v) is 11.1. The minimum Gasteiger partial charge on any atom is -0.490 e. The summed E-state index contributed by atoms with van der Waals surface area (Å²) in [5.74, 6) is -0.296. The van der Waals surface area contributed by atoms with Crippen molar-refractivity contribution in [2.75, 3.05) is 6.26 Å². The first kappa shape index (κ1) is 22.1. The van der Waals surface area contributed by atoms with Crippen LogP contribution in [-0.4, -0.2) is 36.6 Å². The molecule has 0 unspecified atom stereocenters. The van der Waals surface area contributed by atoms with Gasteiger partial charge >= 0.3 is 6.18 Å². The molecule has 1 aliphatic rings. The van der Waals surface area contributed by atoms with E-state index in [0.29, 0.717) is 17.5 Å². The Morgan fingerprint density at radius 2 is 1.90 bits per heavy atom. The van der Waals surface area contributed by atoms with E-state index in [1.165, 1.54) is 23.1 Å². The predicted molar refractivity (Wildman–Crippen MR) is 103 cm³/mol. The highest BCUT2D eigenvalue weighted by atomic mass is 32.2. The van der Waals surface area contributed by atoms with Crippen molar-refractivity contribution in [3.8, 4) is 5.75 Å². The van der Waals surface area contributed by atoms with Crippen molar-refractivity contribution < 1.29 is 31.1 Å². The molecule has 2 heterocycles. The molecule has 0 N–H and O–H groups in total. The van der Waals surface area contributed by atoms with Crippen LogP contribution >= 0.6 is 0 Å². The van der Waals surface area contributed by atoms with Gasteiger partial charge in [0.25, 0.3) is 5.91 Å². The van der Waals surface area contributed by atoms with E-state index in [9.17, 15) is 26.4 Å². The zero-order valence-corrected chi connectivity index (χ0v) is 17.5. The summed E-state index contributed by atoms with van der Waals surface area (Å²) in [7, 11) is -3.57. The minimum absolute atomic E-state index is 0.0361. The maximum absolute atomic E-state index is 13.2. The second kappa shape index (κ2) is 7.90. The van der Waals surface area contributed by atoms with Gasteiger partial charge in [-0.2, -0.15) is 13.2 Å². The molecule has 10 heteroatoms. The lowest BCUT2D eigenvalue weighted by Crippen LogP contribution is -2.26. The Bertz CT molecular complexity index is 1080. The van der Waals surface area contributed by atoms with Crippen molar-refractivity contribution in [2.45, 2.75) is 50.5 Å². The molecular weight excluding hydrogens is 421 g/mol. The second-order valence-electron chi connectivity index (χ2n) is 7.26. The summed E-state index contributed by atoms with van der Waals surface area (Å²) in [6.07, 6.45) is -1.97. The van der Waals surface area contributed by atoms with Crippen molar-refractivity contribution in [3.05, 3.63) is 52.8 Å². The quantitative estimate of drug-likeness (QED) is 0.703. The van der Waals surface area contributed by atoms with E-state index in [2.05, 4.69) is 4.98 Å². The first-order chi connectivity index (χ1) is 13.9. The number of hydrogen-bond donors (Lipinski definition) is 0. The predicted octanol–water partition coefficient (Wildman–Crippen LogP) is 3.84. The van der Waals surface area contributed by atoms with Crippen LogP contribution in [0.3, 0.4) is 0 Å². The molecule has 0 saturated heterocycles. The number of rotatable bonds is 5. The lowest BCUT2D eigenvalue weighted by atomic mass is 10.1. The van der Waals surface area contributed by atoms with Crippen molar-refractivity contribution in [2.24, 2.45) is 0 Å². The number of carbonyl (C=O) groups excluding carboxylic acids is 1. The summed E-state index contributed by atoms with van der Waals surface area (Å²) >= 11 is 0. The van der Waals surface area contributed by atoms with Gasteiger partial charge < -0.3 is 9.64 Å². The zero-order valence-electron chi connectivity index (χ0n) is 16.7. The molecule has 1 aromatic carbocycles. The van der Waals surface area contributed by atoms with Crippen LogP contribution in [0.25, 0.3) is 0 Å². The third-order valence-electron chi connectivity index (χ3n) is 4.90. The van der Waals surface area contributed by atoms with E-state index in [1.807, 2.05) is 13.8 Å². The van der Waals surface area contributed by atoms with Crippen LogP contribution in [0.4, 0.5) is 13.2 Å². The van der Waals surface area contributed by atoms with Gasteiger partial charge in [0.1, 0.15) is 11.4 Å². The van der Waals surface area contributed by atoms with E-state index in [1.54, 1.807) is 0 Å². The summed E-state index contributed by atoms with van der Waals surface area (Å²) in [6, 6.07) is 4.98. The molecule has 1 amide bonds. The smallest absolute Gasteiger partial charge is 0.433 e. The number of amides is 1. The van der Waals surface area contributed by atoms with Crippen LogP contribution in [0.2, 0.25) is 0 Å². The maximum Gasteiger partial charge on any atom is 0.433 e. The van der Waals surface area contributed by atoms with E-state index in [4.69, 9.17) is 4.74 Å². The number of hydrogen-bond acceptors (Lipinski definition) is 5. The lowest BCUT2D eigenvalue weighted by Gasteiger charge is -2.20. The van der Waals surface area contributed by atoms with Gasteiger partial charge in [0, 0.05) is 25.5 Å². The Labute approximate surface area is 172 Å². The van der Waals surface area contributed by atoms with Gasteiger partial charge in [0.05, 0.1) is 16.6 Å². The third kappa shape index (κ3) is 4.58. The molecule has 1 atom stereocenters. The summed E-state index contributed by atoms with van der Waals surface area (Å²) in [6.45, 7) is 3.75. The molecule has 0 bridgehead atoms. The number of fused-ring (bicyclic) bond motifs is 1. The van der Waals surface area contributed by atoms with Crippen molar-refractivity contribution in [3.63, 3.8) is 0 Å². The molecule has 0 aliphatic carbocycles. The molecule has 3 rings (SSSR count). The second-order valence-corrected chi connectivity index (χ2v) is 9.28. The average molecular weight is 442 g/mol. The van der Waals surface area contributed by atoms with E-state index >= 15 is 0 Å². The molecule has 30 heavy (non-hydrogen) atoms. The Balaban J connectivity index is 1.95. The van der Waals surface area contributed by atoms with Gasteiger partial charge in [-0.15, -0.1) is 0 Å². The molecule has 1 aromatic heterocycles. The van der Waals surface area contributed by atoms with Crippen molar-refractivity contribution in [1.82, 2.24) is 9.88 Å². The molecule has 0 fully saturated rings. The highest BCUT2D eigenvalue weighted by molar-refractivity contribution is 7.90. The number of ether oxygens (including phenoxy) is 1. The number of alkyl halides is 3. The number of nitrogens with zero attached hydrogens (tertiary/aromatic N) is 2. The van der Waals surface area contributed by atoms with Crippen molar-refractivity contribution >= 4 is 15.7 Å². The highest BCUT2D eigenvalue weighted by Crippen LogP contribution is 2.33. The molecule has 0 spiro atoms. The Morgan fingerprint density at radius 1 is 1.23 bits per heavy atom. The highest BCUT2D eigenvalue weighted by Gasteiger charge is 2.35. The summed E-state index contributed by atoms with van der Waals surface area (Å²) in [4.78, 5) is 17.9. The standard InChI is InChI=1S/C20H21F3N2O4S/c1-4-12(2)29-17-6-5-15(30(3,27)28)8-16(17)19(26)25-10-13-7-18(20(21,22)23)24-9-14(13)11-25/h5-9,12H,4,10-11H2,1-3H3/t12-/m0/s1. The molecular formula is C20H21F3N2O4S. The van der Waals surface area contributed by atoms with Crippen LogP contribution in [0.15, 0.2) is 35.4 Å². The zero-order chi connectivity index (χ0) is 22.3. The Hall–Kier alpha value is -2.62. The minimum atomic E-state index is -4.58. The van der Waals surface area contributed by atoms with Gasteiger partial charge in [-0.05, 0) is 48.7 Å². The van der Waals surface area contributed by atoms with Crippen LogP contribution in [0.1, 0.15) is 47.4 Å². The molecule has 162 valence electrons. The lowest BCUT2D eigenvalue weighted by molar-refractivity contribution is -0.141. The summed E-state index contributed by atoms with van der Waals surface area (Å²) in [5.41, 5.74) is -0.0974. The number of benzene rings is 1. The average Bonchev–Trinajstić information content (AvgIpc) is 3.09. The van der Waals surface area contributed by atoms with Crippen LogP contribution in [0.5, 0.6) is 5.75 Å². The number of halogens is 3. The van der Waals surface area contributed by atoms with Gasteiger partial charge in [-0.3, -0.25) is 9.78 Å². The first-order valence-electron chi connectivity index (χ1n) is 9.25. The normalized spacial score (nSPS) is 15.1.